The van der Waals surface area contributed by atoms with Gasteiger partial charge in [-0.15, -0.1) is 0 Å². The van der Waals surface area contributed by atoms with Crippen LogP contribution in [0.2, 0.25) is 5.02 Å². The lowest BCUT2D eigenvalue weighted by atomic mass is 10.1. The third-order valence-electron chi connectivity index (χ3n) is 2.79. The molecule has 0 aliphatic carbocycles. The second kappa shape index (κ2) is 7.46. The Balaban J connectivity index is 2.92. The minimum absolute atomic E-state index is 0.579. The topological polar surface area (TPSA) is 47.7 Å². The highest BCUT2D eigenvalue weighted by Gasteiger charge is 2.11. The van der Waals surface area contributed by atoms with Crippen molar-refractivity contribution in [3.05, 3.63) is 22.7 Å². The predicted molar refractivity (Wildman–Crippen MR) is 76.6 cm³/mol. The molecule has 102 valence electrons. The lowest BCUT2D eigenvalue weighted by Crippen LogP contribution is -2.31. The number of nitrogen functional groups attached to an aromatic ring is 1. The Kier molecular flexibility index (Phi) is 6.25. The number of anilines is 2. The second-order valence-electron chi connectivity index (χ2n) is 4.13. The van der Waals surface area contributed by atoms with Crippen LogP contribution >= 0.6 is 11.6 Å². The van der Waals surface area contributed by atoms with E-state index < -0.39 is 0 Å². The summed E-state index contributed by atoms with van der Waals surface area (Å²) in [6, 6.07) is 3.79. The van der Waals surface area contributed by atoms with E-state index in [2.05, 4.69) is 4.90 Å². The Bertz CT molecular complexity index is 377. The van der Waals surface area contributed by atoms with Gasteiger partial charge < -0.3 is 20.1 Å². The molecule has 0 aliphatic rings. The third-order valence-corrected chi connectivity index (χ3v) is 3.11. The average Bonchev–Trinajstić information content (AvgIpc) is 2.35. The molecule has 0 aromatic heterocycles. The number of methoxy groups -OCH3 is 2. The van der Waals surface area contributed by atoms with Crippen molar-refractivity contribution in [2.45, 2.75) is 6.92 Å². The first-order valence-corrected chi connectivity index (χ1v) is 6.26. The molecule has 0 saturated heterocycles. The van der Waals surface area contributed by atoms with Gasteiger partial charge in [0, 0.05) is 33.0 Å². The third kappa shape index (κ3) is 4.05. The van der Waals surface area contributed by atoms with E-state index in [1.165, 1.54) is 0 Å². The van der Waals surface area contributed by atoms with Crippen LogP contribution in [-0.4, -0.2) is 40.5 Å². The van der Waals surface area contributed by atoms with E-state index in [0.29, 0.717) is 23.9 Å². The predicted octanol–water partition coefficient (Wildman–Crippen LogP) is 2.33. The summed E-state index contributed by atoms with van der Waals surface area (Å²) in [4.78, 5) is 2.19. The normalized spacial score (nSPS) is 10.7. The quantitative estimate of drug-likeness (QED) is 0.774. The van der Waals surface area contributed by atoms with Gasteiger partial charge in [-0.2, -0.15) is 0 Å². The number of hydrogen-bond acceptors (Lipinski definition) is 4. The molecule has 0 amide bonds. The van der Waals surface area contributed by atoms with Crippen LogP contribution < -0.4 is 10.6 Å². The molecule has 0 bridgehead atoms. The largest absolute Gasteiger partial charge is 0.398 e. The summed E-state index contributed by atoms with van der Waals surface area (Å²) in [6.07, 6.45) is 0. The summed E-state index contributed by atoms with van der Waals surface area (Å²) >= 11 is 6.08. The number of nitrogens with zero attached hydrogens (tertiary/aromatic N) is 1. The molecule has 1 aromatic carbocycles. The zero-order valence-electron chi connectivity index (χ0n) is 11.2. The van der Waals surface area contributed by atoms with Crippen molar-refractivity contribution in [3.63, 3.8) is 0 Å². The molecule has 0 unspecified atom stereocenters. The van der Waals surface area contributed by atoms with Crippen molar-refractivity contribution in [1.82, 2.24) is 0 Å². The number of rotatable bonds is 7. The summed E-state index contributed by atoms with van der Waals surface area (Å²) in [5, 5.41) is 0.579. The van der Waals surface area contributed by atoms with Crippen molar-refractivity contribution >= 4 is 23.0 Å². The summed E-state index contributed by atoms with van der Waals surface area (Å²) < 4.78 is 10.3. The first-order chi connectivity index (χ1) is 8.60. The van der Waals surface area contributed by atoms with Gasteiger partial charge in [-0.1, -0.05) is 11.6 Å². The molecule has 0 heterocycles. The number of halogens is 1. The van der Waals surface area contributed by atoms with Crippen LogP contribution in [0.15, 0.2) is 12.1 Å². The average molecular weight is 273 g/mol. The maximum atomic E-state index is 6.08. The molecule has 0 atom stereocenters. The lowest BCUT2D eigenvalue weighted by Gasteiger charge is -2.26. The van der Waals surface area contributed by atoms with Crippen LogP contribution in [0.25, 0.3) is 0 Å². The molecule has 0 saturated carbocycles. The Labute approximate surface area is 114 Å². The van der Waals surface area contributed by atoms with Crippen LogP contribution in [0, 0.1) is 6.92 Å². The Morgan fingerprint density at radius 3 is 2.22 bits per heavy atom. The molecular weight excluding hydrogens is 252 g/mol. The highest BCUT2D eigenvalue weighted by atomic mass is 35.5. The van der Waals surface area contributed by atoms with Crippen molar-refractivity contribution < 1.29 is 9.47 Å². The maximum Gasteiger partial charge on any atom is 0.0656 e. The van der Waals surface area contributed by atoms with Crippen molar-refractivity contribution in [3.8, 4) is 0 Å². The highest BCUT2D eigenvalue weighted by Crippen LogP contribution is 2.29. The molecule has 18 heavy (non-hydrogen) atoms. The maximum absolute atomic E-state index is 6.08. The van der Waals surface area contributed by atoms with Gasteiger partial charge in [0.1, 0.15) is 0 Å². The summed E-state index contributed by atoms with van der Waals surface area (Å²) in [5.41, 5.74) is 8.57. The van der Waals surface area contributed by atoms with Crippen molar-refractivity contribution in [2.75, 3.05) is 51.2 Å². The zero-order chi connectivity index (χ0) is 13.5. The van der Waals surface area contributed by atoms with E-state index >= 15 is 0 Å². The van der Waals surface area contributed by atoms with Gasteiger partial charge in [0.15, 0.2) is 0 Å². The van der Waals surface area contributed by atoms with Crippen LogP contribution in [0.1, 0.15) is 5.56 Å². The summed E-state index contributed by atoms with van der Waals surface area (Å²) in [6.45, 7) is 4.92. The van der Waals surface area contributed by atoms with Gasteiger partial charge in [-0.25, -0.2) is 0 Å². The molecular formula is C13H21ClN2O2. The van der Waals surface area contributed by atoms with E-state index in [9.17, 15) is 0 Å². The van der Waals surface area contributed by atoms with Gasteiger partial charge in [0.05, 0.1) is 23.9 Å². The van der Waals surface area contributed by atoms with Gasteiger partial charge >= 0.3 is 0 Å². The molecule has 0 aliphatic heterocycles. The van der Waals surface area contributed by atoms with E-state index in [0.717, 1.165) is 24.3 Å². The molecule has 1 rings (SSSR count). The fourth-order valence-corrected chi connectivity index (χ4v) is 1.95. The van der Waals surface area contributed by atoms with E-state index in [1.54, 1.807) is 14.2 Å². The van der Waals surface area contributed by atoms with E-state index in [4.69, 9.17) is 26.8 Å². The molecule has 0 fully saturated rings. The number of ether oxygens (including phenoxy) is 2. The smallest absolute Gasteiger partial charge is 0.0656 e. The Morgan fingerprint density at radius 2 is 1.72 bits per heavy atom. The second-order valence-corrected chi connectivity index (χ2v) is 4.54. The Morgan fingerprint density at radius 1 is 1.17 bits per heavy atom. The van der Waals surface area contributed by atoms with Gasteiger partial charge in [-0.05, 0) is 24.6 Å². The van der Waals surface area contributed by atoms with Gasteiger partial charge in [-0.3, -0.25) is 0 Å². The van der Waals surface area contributed by atoms with Crippen LogP contribution in [0.5, 0.6) is 0 Å². The minimum Gasteiger partial charge on any atom is -0.398 e. The number of hydrogen-bond donors (Lipinski definition) is 1. The first kappa shape index (κ1) is 15.1. The van der Waals surface area contributed by atoms with Crippen LogP contribution in [0.4, 0.5) is 11.4 Å². The zero-order valence-corrected chi connectivity index (χ0v) is 12.0. The standard InChI is InChI=1S/C13H21ClN2O2/c1-10-8-12(15)11(14)9-13(10)16(4-6-17-2)5-7-18-3/h8-9H,4-7,15H2,1-3H3. The number of benzene rings is 1. The number of aryl methyl sites for hydroxylation is 1. The van der Waals surface area contributed by atoms with Crippen LogP contribution in [0.3, 0.4) is 0 Å². The van der Waals surface area contributed by atoms with Gasteiger partial charge in [0.2, 0.25) is 0 Å². The van der Waals surface area contributed by atoms with E-state index in [-0.39, 0.29) is 0 Å². The SMILES string of the molecule is COCCN(CCOC)c1cc(Cl)c(N)cc1C. The monoisotopic (exact) mass is 272 g/mol. The summed E-state index contributed by atoms with van der Waals surface area (Å²) in [5.74, 6) is 0. The van der Waals surface area contributed by atoms with Gasteiger partial charge in [0.25, 0.3) is 0 Å². The molecule has 5 heteroatoms. The first-order valence-electron chi connectivity index (χ1n) is 5.88. The highest BCUT2D eigenvalue weighted by molar-refractivity contribution is 6.33. The fraction of sp³-hybridized carbons (Fsp3) is 0.538. The minimum atomic E-state index is 0.579. The van der Waals surface area contributed by atoms with Crippen molar-refractivity contribution in [1.29, 1.82) is 0 Å². The van der Waals surface area contributed by atoms with Crippen molar-refractivity contribution in [2.24, 2.45) is 0 Å². The molecule has 1 aromatic rings. The molecule has 4 nitrogen and oxygen atoms in total. The lowest BCUT2D eigenvalue weighted by molar-refractivity contribution is 0.190. The van der Waals surface area contributed by atoms with Crippen LogP contribution in [-0.2, 0) is 9.47 Å². The fourth-order valence-electron chi connectivity index (χ4n) is 1.79. The molecule has 0 radical (unpaired) electrons. The van der Waals surface area contributed by atoms with E-state index in [1.807, 2.05) is 19.1 Å². The Hall–Kier alpha value is -0.970. The number of nitrogens with two attached hydrogens (primary N) is 1. The molecule has 2 N–H and O–H groups in total. The molecule has 0 spiro atoms. The summed E-state index contributed by atoms with van der Waals surface area (Å²) in [7, 11) is 3.38.